The number of carbonyl (C=O) groups is 2. The Balaban J connectivity index is 1.33. The third kappa shape index (κ3) is 4.43. The van der Waals surface area contributed by atoms with Gasteiger partial charge >= 0.3 is 0 Å². The molecule has 30 heavy (non-hydrogen) atoms. The van der Waals surface area contributed by atoms with E-state index in [4.69, 9.17) is 14.0 Å². The van der Waals surface area contributed by atoms with E-state index in [-0.39, 0.29) is 24.1 Å². The number of methoxy groups -OCH3 is 1. The Hall–Kier alpha value is -3.40. The van der Waals surface area contributed by atoms with E-state index in [1.54, 1.807) is 49.3 Å². The van der Waals surface area contributed by atoms with Crippen LogP contribution in [0.15, 0.2) is 34.9 Å². The summed E-state index contributed by atoms with van der Waals surface area (Å²) in [6.45, 7) is 2.67. The molecule has 2 amide bonds. The van der Waals surface area contributed by atoms with Crippen molar-refractivity contribution in [1.82, 2.24) is 15.0 Å². The van der Waals surface area contributed by atoms with Crippen molar-refractivity contribution < 1.29 is 23.6 Å². The lowest BCUT2D eigenvalue weighted by Gasteiger charge is -2.26. The van der Waals surface area contributed by atoms with E-state index in [2.05, 4.69) is 15.5 Å². The lowest BCUT2D eigenvalue weighted by Crippen LogP contribution is -2.38. The monoisotopic (exact) mass is 428 g/mol. The number of amides is 2. The maximum atomic E-state index is 12.5. The zero-order valence-electron chi connectivity index (χ0n) is 16.5. The van der Waals surface area contributed by atoms with Crippen molar-refractivity contribution in [2.24, 2.45) is 0 Å². The molecule has 0 bridgehead atoms. The van der Waals surface area contributed by atoms with Gasteiger partial charge in [-0.25, -0.2) is 4.98 Å². The fourth-order valence-electron chi connectivity index (χ4n) is 3.00. The number of nitrogens with zero attached hydrogens (tertiary/aromatic N) is 3. The van der Waals surface area contributed by atoms with Crippen molar-refractivity contribution in [3.63, 3.8) is 0 Å². The van der Waals surface area contributed by atoms with Crippen LogP contribution in [0.2, 0.25) is 0 Å². The van der Waals surface area contributed by atoms with Gasteiger partial charge in [-0.15, -0.1) is 0 Å². The Kier molecular flexibility index (Phi) is 5.66. The molecule has 4 rings (SSSR count). The SMILES string of the molecule is COc1ccc(OCC(=O)N2CCc3nc(NC(=O)c4cc(C)on4)sc3C2)cc1. The fourth-order valence-corrected chi connectivity index (χ4v) is 4.02. The van der Waals surface area contributed by atoms with Crippen LogP contribution in [0.5, 0.6) is 11.5 Å². The summed E-state index contributed by atoms with van der Waals surface area (Å²) in [5.74, 6) is 1.41. The normalized spacial score (nSPS) is 12.9. The average Bonchev–Trinajstić information content (AvgIpc) is 3.37. The number of hydrogen-bond donors (Lipinski definition) is 1. The number of carbonyl (C=O) groups excluding carboxylic acids is 2. The lowest BCUT2D eigenvalue weighted by molar-refractivity contribution is -0.134. The van der Waals surface area contributed by atoms with E-state index in [1.165, 1.54) is 11.3 Å². The number of thiazole rings is 1. The van der Waals surface area contributed by atoms with Gasteiger partial charge in [0.2, 0.25) is 0 Å². The van der Waals surface area contributed by atoms with Gasteiger partial charge in [-0.2, -0.15) is 0 Å². The minimum absolute atomic E-state index is 0.0461. The van der Waals surface area contributed by atoms with Crippen LogP contribution in [0.25, 0.3) is 0 Å². The third-order valence-electron chi connectivity index (χ3n) is 4.59. The molecule has 10 heteroatoms. The summed E-state index contributed by atoms with van der Waals surface area (Å²) >= 11 is 1.35. The van der Waals surface area contributed by atoms with Crippen molar-refractivity contribution in [3.8, 4) is 11.5 Å². The van der Waals surface area contributed by atoms with E-state index in [0.29, 0.717) is 36.2 Å². The molecule has 1 aliphatic heterocycles. The summed E-state index contributed by atoms with van der Waals surface area (Å²) in [6.07, 6.45) is 0.624. The van der Waals surface area contributed by atoms with Crippen LogP contribution in [0.3, 0.4) is 0 Å². The Morgan fingerprint density at radius 3 is 2.73 bits per heavy atom. The highest BCUT2D eigenvalue weighted by Gasteiger charge is 2.25. The number of ether oxygens (including phenoxy) is 2. The fraction of sp³-hybridized carbons (Fsp3) is 0.300. The van der Waals surface area contributed by atoms with Gasteiger partial charge in [0, 0.05) is 23.9 Å². The van der Waals surface area contributed by atoms with Crippen molar-refractivity contribution in [1.29, 1.82) is 0 Å². The maximum Gasteiger partial charge on any atom is 0.279 e. The largest absolute Gasteiger partial charge is 0.497 e. The van der Waals surface area contributed by atoms with E-state index in [9.17, 15) is 9.59 Å². The summed E-state index contributed by atoms with van der Waals surface area (Å²) < 4.78 is 15.6. The number of aromatic nitrogens is 2. The molecule has 0 atom stereocenters. The standard InChI is InChI=1S/C20H20N4O5S/c1-12-9-16(23-29-12)19(26)22-20-21-15-7-8-24(10-17(15)30-20)18(25)11-28-14-5-3-13(27-2)4-6-14/h3-6,9H,7-8,10-11H2,1-2H3,(H,21,22,26). The number of nitrogens with one attached hydrogen (secondary N) is 1. The van der Waals surface area contributed by atoms with Crippen LogP contribution >= 0.6 is 11.3 Å². The van der Waals surface area contributed by atoms with Crippen molar-refractivity contribution in [2.45, 2.75) is 19.9 Å². The van der Waals surface area contributed by atoms with Crippen molar-refractivity contribution in [2.75, 3.05) is 25.6 Å². The molecule has 1 aromatic carbocycles. The molecule has 2 aromatic heterocycles. The molecular weight excluding hydrogens is 408 g/mol. The number of rotatable bonds is 6. The first-order chi connectivity index (χ1) is 14.5. The number of hydrogen-bond acceptors (Lipinski definition) is 8. The molecule has 0 unspecified atom stereocenters. The molecule has 9 nitrogen and oxygen atoms in total. The summed E-state index contributed by atoms with van der Waals surface area (Å²) in [5, 5.41) is 6.92. The molecule has 0 aliphatic carbocycles. The quantitative estimate of drug-likeness (QED) is 0.643. The molecule has 1 N–H and O–H groups in total. The summed E-state index contributed by atoms with van der Waals surface area (Å²) in [7, 11) is 1.59. The first-order valence-corrected chi connectivity index (χ1v) is 10.1. The molecule has 0 spiro atoms. The summed E-state index contributed by atoms with van der Waals surface area (Å²) in [5.41, 5.74) is 1.10. The molecule has 0 saturated carbocycles. The average molecular weight is 428 g/mol. The number of benzene rings is 1. The van der Waals surface area contributed by atoms with Gasteiger partial charge in [-0.05, 0) is 31.2 Å². The zero-order chi connectivity index (χ0) is 21.1. The highest BCUT2D eigenvalue weighted by Crippen LogP contribution is 2.29. The van der Waals surface area contributed by atoms with Crippen LogP contribution < -0.4 is 14.8 Å². The zero-order valence-corrected chi connectivity index (χ0v) is 17.3. The minimum atomic E-state index is -0.376. The number of aryl methyl sites for hydroxylation is 1. The van der Waals surface area contributed by atoms with Crippen LogP contribution in [0.1, 0.15) is 26.8 Å². The highest BCUT2D eigenvalue weighted by molar-refractivity contribution is 7.15. The van der Waals surface area contributed by atoms with Crippen molar-refractivity contribution >= 4 is 28.3 Å². The summed E-state index contributed by atoms with van der Waals surface area (Å²) in [4.78, 5) is 31.9. The Morgan fingerprint density at radius 2 is 2.03 bits per heavy atom. The lowest BCUT2D eigenvalue weighted by atomic mass is 10.2. The molecule has 3 aromatic rings. The van der Waals surface area contributed by atoms with E-state index >= 15 is 0 Å². The van der Waals surface area contributed by atoms with Crippen LogP contribution in [-0.4, -0.2) is 47.1 Å². The second-order valence-corrected chi connectivity index (χ2v) is 7.78. The second-order valence-electron chi connectivity index (χ2n) is 6.70. The van der Waals surface area contributed by atoms with Gasteiger partial charge in [-0.1, -0.05) is 16.5 Å². The maximum absolute atomic E-state index is 12.5. The molecule has 1 aliphatic rings. The summed E-state index contributed by atoms with van der Waals surface area (Å²) in [6, 6.07) is 8.64. The van der Waals surface area contributed by atoms with E-state index in [1.807, 2.05) is 0 Å². The van der Waals surface area contributed by atoms with Gasteiger partial charge in [0.1, 0.15) is 17.3 Å². The molecule has 0 saturated heterocycles. The molecule has 0 fully saturated rings. The van der Waals surface area contributed by atoms with Crippen LogP contribution in [0, 0.1) is 6.92 Å². The highest BCUT2D eigenvalue weighted by atomic mass is 32.1. The van der Waals surface area contributed by atoms with Crippen LogP contribution in [-0.2, 0) is 17.8 Å². The second kappa shape index (κ2) is 8.54. The van der Waals surface area contributed by atoms with Gasteiger partial charge in [0.15, 0.2) is 17.4 Å². The van der Waals surface area contributed by atoms with Crippen LogP contribution in [0.4, 0.5) is 5.13 Å². The van der Waals surface area contributed by atoms with E-state index in [0.717, 1.165) is 16.3 Å². The Labute approximate surface area is 176 Å². The van der Waals surface area contributed by atoms with Gasteiger partial charge in [-0.3, -0.25) is 14.9 Å². The Bertz CT molecular complexity index is 1060. The predicted octanol–water partition coefficient (Wildman–Crippen LogP) is 2.66. The minimum Gasteiger partial charge on any atom is -0.497 e. The van der Waals surface area contributed by atoms with Gasteiger partial charge in [0.05, 0.1) is 19.3 Å². The van der Waals surface area contributed by atoms with E-state index < -0.39 is 0 Å². The molecule has 3 heterocycles. The number of anilines is 1. The van der Waals surface area contributed by atoms with Gasteiger partial charge < -0.3 is 18.9 Å². The first kappa shape index (κ1) is 19.9. The van der Waals surface area contributed by atoms with Gasteiger partial charge in [0.25, 0.3) is 11.8 Å². The third-order valence-corrected chi connectivity index (χ3v) is 5.58. The molecule has 0 radical (unpaired) electrons. The molecule has 156 valence electrons. The molecular formula is C20H20N4O5S. The predicted molar refractivity (Wildman–Crippen MR) is 109 cm³/mol. The Morgan fingerprint density at radius 1 is 1.27 bits per heavy atom. The first-order valence-electron chi connectivity index (χ1n) is 9.29. The number of fused-ring (bicyclic) bond motifs is 1. The smallest absolute Gasteiger partial charge is 0.279 e. The topological polar surface area (TPSA) is 107 Å². The van der Waals surface area contributed by atoms with Crippen molar-refractivity contribution in [3.05, 3.63) is 52.4 Å².